The highest BCUT2D eigenvalue weighted by molar-refractivity contribution is 7.80. The highest BCUT2D eigenvalue weighted by Crippen LogP contribution is 2.24. The monoisotopic (exact) mass is 456 g/mol. The fourth-order valence-electron chi connectivity index (χ4n) is 3.66. The van der Waals surface area contributed by atoms with Gasteiger partial charge in [-0.3, -0.25) is 4.68 Å². The SMILES string of the molecule is Cc1nn(Cc2cccc(Oc3ccccc3)c2)c(C)c1NC(=S)NCCc1ccccc1. The Hall–Kier alpha value is -3.64. The number of nitrogens with one attached hydrogen (secondary N) is 2. The number of ether oxygens (including phenoxy) is 1. The van der Waals surface area contributed by atoms with E-state index in [0.717, 1.165) is 47.1 Å². The van der Waals surface area contributed by atoms with Crippen molar-refractivity contribution in [3.8, 4) is 11.5 Å². The lowest BCUT2D eigenvalue weighted by atomic mass is 10.1. The summed E-state index contributed by atoms with van der Waals surface area (Å²) in [7, 11) is 0. The maximum absolute atomic E-state index is 5.97. The van der Waals surface area contributed by atoms with Gasteiger partial charge in [-0.05, 0) is 67.9 Å². The first-order chi connectivity index (χ1) is 16.1. The van der Waals surface area contributed by atoms with Crippen molar-refractivity contribution in [2.45, 2.75) is 26.8 Å². The zero-order valence-corrected chi connectivity index (χ0v) is 19.7. The van der Waals surface area contributed by atoms with Crippen LogP contribution in [0.4, 0.5) is 5.69 Å². The van der Waals surface area contributed by atoms with Crippen LogP contribution in [0.25, 0.3) is 0 Å². The van der Waals surface area contributed by atoms with Crippen LogP contribution in [0.5, 0.6) is 11.5 Å². The summed E-state index contributed by atoms with van der Waals surface area (Å²) in [6.07, 6.45) is 0.918. The Morgan fingerprint density at radius 3 is 2.30 bits per heavy atom. The van der Waals surface area contributed by atoms with E-state index < -0.39 is 0 Å². The molecule has 0 saturated heterocycles. The summed E-state index contributed by atoms with van der Waals surface area (Å²) in [5.74, 6) is 1.63. The topological polar surface area (TPSA) is 51.1 Å². The van der Waals surface area contributed by atoms with E-state index in [4.69, 9.17) is 22.1 Å². The van der Waals surface area contributed by atoms with Crippen molar-refractivity contribution in [2.24, 2.45) is 0 Å². The molecule has 4 aromatic rings. The molecule has 0 aliphatic rings. The number of anilines is 1. The van der Waals surface area contributed by atoms with Crippen molar-refractivity contribution in [1.29, 1.82) is 0 Å². The van der Waals surface area contributed by atoms with Crippen LogP contribution in [0.2, 0.25) is 0 Å². The smallest absolute Gasteiger partial charge is 0.170 e. The average molecular weight is 457 g/mol. The van der Waals surface area contributed by atoms with Gasteiger partial charge in [-0.2, -0.15) is 5.10 Å². The second-order valence-corrected chi connectivity index (χ2v) is 8.29. The number of thiocarbonyl (C=S) groups is 1. The number of benzene rings is 3. The molecule has 0 fully saturated rings. The summed E-state index contributed by atoms with van der Waals surface area (Å²) >= 11 is 5.51. The van der Waals surface area contributed by atoms with Crippen LogP contribution in [-0.2, 0) is 13.0 Å². The van der Waals surface area contributed by atoms with E-state index in [1.807, 2.05) is 66.2 Å². The molecule has 33 heavy (non-hydrogen) atoms. The summed E-state index contributed by atoms with van der Waals surface area (Å²) in [6, 6.07) is 28.3. The Morgan fingerprint density at radius 2 is 1.55 bits per heavy atom. The number of para-hydroxylation sites is 1. The van der Waals surface area contributed by atoms with Crippen molar-refractivity contribution in [1.82, 2.24) is 15.1 Å². The largest absolute Gasteiger partial charge is 0.457 e. The van der Waals surface area contributed by atoms with E-state index in [9.17, 15) is 0 Å². The normalized spacial score (nSPS) is 10.6. The number of rotatable bonds is 8. The molecular weight excluding hydrogens is 428 g/mol. The third-order valence-electron chi connectivity index (χ3n) is 5.37. The van der Waals surface area contributed by atoms with Gasteiger partial charge in [0.25, 0.3) is 0 Å². The number of aromatic nitrogens is 2. The molecule has 0 amide bonds. The predicted molar refractivity (Wildman–Crippen MR) is 138 cm³/mol. The van der Waals surface area contributed by atoms with Gasteiger partial charge >= 0.3 is 0 Å². The molecule has 0 atom stereocenters. The predicted octanol–water partition coefficient (Wildman–Crippen LogP) is 5.87. The van der Waals surface area contributed by atoms with Crippen molar-refractivity contribution in [2.75, 3.05) is 11.9 Å². The van der Waals surface area contributed by atoms with Gasteiger partial charge in [0.1, 0.15) is 11.5 Å². The maximum Gasteiger partial charge on any atom is 0.170 e. The molecule has 3 aromatic carbocycles. The molecule has 1 aromatic heterocycles. The minimum Gasteiger partial charge on any atom is -0.457 e. The maximum atomic E-state index is 5.97. The average Bonchev–Trinajstić information content (AvgIpc) is 3.08. The van der Waals surface area contributed by atoms with Crippen molar-refractivity contribution >= 4 is 23.0 Å². The van der Waals surface area contributed by atoms with E-state index in [0.29, 0.717) is 11.7 Å². The fraction of sp³-hybridized carbons (Fsp3) is 0.185. The number of hydrogen-bond donors (Lipinski definition) is 2. The Kier molecular flexibility index (Phi) is 7.37. The third kappa shape index (κ3) is 6.20. The Morgan fingerprint density at radius 1 is 0.879 bits per heavy atom. The zero-order valence-electron chi connectivity index (χ0n) is 18.9. The van der Waals surface area contributed by atoms with Crippen molar-refractivity contribution < 1.29 is 4.74 Å². The van der Waals surface area contributed by atoms with E-state index in [1.54, 1.807) is 0 Å². The molecular formula is C27H28N4OS. The molecule has 0 aliphatic carbocycles. The number of aryl methyl sites for hydroxylation is 1. The standard InChI is InChI=1S/C27H28N4OS/c1-20-26(29-27(33)28-17-16-22-10-5-3-6-11-22)21(2)31(30-20)19-23-12-9-15-25(18-23)32-24-13-7-4-8-14-24/h3-15,18H,16-17,19H2,1-2H3,(H2,28,29,33). The van der Waals surface area contributed by atoms with E-state index >= 15 is 0 Å². The summed E-state index contributed by atoms with van der Waals surface area (Å²) in [6.45, 7) is 5.47. The lowest BCUT2D eigenvalue weighted by Gasteiger charge is -2.12. The van der Waals surface area contributed by atoms with Gasteiger partial charge in [0.15, 0.2) is 5.11 Å². The quantitative estimate of drug-likeness (QED) is 0.325. The second kappa shape index (κ2) is 10.8. The van der Waals surface area contributed by atoms with E-state index in [-0.39, 0.29) is 0 Å². The molecule has 2 N–H and O–H groups in total. The van der Waals surface area contributed by atoms with Crippen LogP contribution in [0.15, 0.2) is 84.9 Å². The highest BCUT2D eigenvalue weighted by Gasteiger charge is 2.13. The Balaban J connectivity index is 1.37. The van der Waals surface area contributed by atoms with Gasteiger partial charge in [-0.25, -0.2) is 0 Å². The lowest BCUT2D eigenvalue weighted by molar-refractivity contribution is 0.481. The Bertz CT molecular complexity index is 1210. The van der Waals surface area contributed by atoms with Crippen LogP contribution in [0.1, 0.15) is 22.5 Å². The number of hydrogen-bond acceptors (Lipinski definition) is 3. The van der Waals surface area contributed by atoms with Gasteiger partial charge in [0.2, 0.25) is 0 Å². The third-order valence-corrected chi connectivity index (χ3v) is 5.62. The molecule has 168 valence electrons. The molecule has 0 aliphatic heterocycles. The van der Waals surface area contributed by atoms with Crippen LogP contribution < -0.4 is 15.4 Å². The number of nitrogens with zero attached hydrogens (tertiary/aromatic N) is 2. The zero-order chi connectivity index (χ0) is 23.0. The summed E-state index contributed by atoms with van der Waals surface area (Å²) in [5, 5.41) is 12.0. The molecule has 5 nitrogen and oxygen atoms in total. The van der Waals surface area contributed by atoms with Gasteiger partial charge in [-0.15, -0.1) is 0 Å². The molecule has 6 heteroatoms. The summed E-state index contributed by atoms with van der Waals surface area (Å²) in [4.78, 5) is 0. The molecule has 1 heterocycles. The lowest BCUT2D eigenvalue weighted by Crippen LogP contribution is -2.30. The summed E-state index contributed by atoms with van der Waals surface area (Å²) in [5.41, 5.74) is 5.30. The van der Waals surface area contributed by atoms with Crippen LogP contribution >= 0.6 is 12.2 Å². The fourth-order valence-corrected chi connectivity index (χ4v) is 3.86. The first kappa shape index (κ1) is 22.6. The Labute approximate surface area is 200 Å². The molecule has 0 unspecified atom stereocenters. The minimum atomic E-state index is 0.606. The first-order valence-corrected chi connectivity index (χ1v) is 11.4. The molecule has 0 bridgehead atoms. The van der Waals surface area contributed by atoms with Crippen molar-refractivity contribution in [3.05, 3.63) is 107 Å². The van der Waals surface area contributed by atoms with Crippen LogP contribution in [0.3, 0.4) is 0 Å². The van der Waals surface area contributed by atoms with Gasteiger partial charge in [-0.1, -0.05) is 60.7 Å². The second-order valence-electron chi connectivity index (χ2n) is 7.88. The molecule has 4 rings (SSSR count). The van der Waals surface area contributed by atoms with Gasteiger partial charge in [0, 0.05) is 6.54 Å². The van der Waals surface area contributed by atoms with Crippen molar-refractivity contribution in [3.63, 3.8) is 0 Å². The minimum absolute atomic E-state index is 0.606. The molecule has 0 spiro atoms. The van der Waals surface area contributed by atoms with Crippen LogP contribution in [0, 0.1) is 13.8 Å². The van der Waals surface area contributed by atoms with Gasteiger partial charge < -0.3 is 15.4 Å². The van der Waals surface area contributed by atoms with Crippen LogP contribution in [-0.4, -0.2) is 21.4 Å². The molecule has 0 radical (unpaired) electrons. The molecule has 0 saturated carbocycles. The van der Waals surface area contributed by atoms with Gasteiger partial charge in [0.05, 0.1) is 23.6 Å². The highest BCUT2D eigenvalue weighted by atomic mass is 32.1. The first-order valence-electron chi connectivity index (χ1n) is 11.0. The van der Waals surface area contributed by atoms with E-state index in [1.165, 1.54) is 5.56 Å². The van der Waals surface area contributed by atoms with E-state index in [2.05, 4.69) is 47.9 Å². The summed E-state index contributed by atoms with van der Waals surface area (Å²) < 4.78 is 7.96.